The van der Waals surface area contributed by atoms with Gasteiger partial charge in [0.15, 0.2) is 0 Å². The van der Waals surface area contributed by atoms with Crippen LogP contribution in [0, 0.1) is 13.8 Å². The van der Waals surface area contributed by atoms with E-state index in [9.17, 15) is 13.2 Å². The molecule has 0 saturated heterocycles. The summed E-state index contributed by atoms with van der Waals surface area (Å²) in [7, 11) is -3.59. The van der Waals surface area contributed by atoms with E-state index in [1.807, 2.05) is 32.9 Å². The first kappa shape index (κ1) is 21.4. The van der Waals surface area contributed by atoms with Gasteiger partial charge in [0, 0.05) is 0 Å². The molecule has 6 heteroatoms. The van der Waals surface area contributed by atoms with E-state index in [0.717, 1.165) is 35.8 Å². The summed E-state index contributed by atoms with van der Waals surface area (Å²) in [4.78, 5) is 12.7. The SMILES string of the molecule is Cc1ccc(C)c(N(CC(=O)NC(C)c2ccc3c(c2)CCCC3)S(C)(=O)=O)c1. The topological polar surface area (TPSA) is 66.5 Å². The second kappa shape index (κ2) is 8.57. The Hall–Kier alpha value is -2.34. The summed E-state index contributed by atoms with van der Waals surface area (Å²) < 4.78 is 26.0. The van der Waals surface area contributed by atoms with Crippen LogP contribution in [-0.2, 0) is 27.7 Å². The number of hydrogen-bond acceptors (Lipinski definition) is 3. The highest BCUT2D eigenvalue weighted by atomic mass is 32.2. The molecule has 156 valence electrons. The maximum atomic E-state index is 12.7. The lowest BCUT2D eigenvalue weighted by molar-refractivity contribution is -0.120. The Labute approximate surface area is 174 Å². The number of rotatable bonds is 6. The van der Waals surface area contributed by atoms with Gasteiger partial charge >= 0.3 is 0 Å². The van der Waals surface area contributed by atoms with Crippen molar-refractivity contribution in [3.8, 4) is 0 Å². The van der Waals surface area contributed by atoms with Gasteiger partial charge in [0.1, 0.15) is 6.54 Å². The number of carbonyl (C=O) groups excluding carboxylic acids is 1. The number of fused-ring (bicyclic) bond motifs is 1. The van der Waals surface area contributed by atoms with E-state index < -0.39 is 10.0 Å². The largest absolute Gasteiger partial charge is 0.348 e. The summed E-state index contributed by atoms with van der Waals surface area (Å²) in [6.45, 7) is 5.45. The van der Waals surface area contributed by atoms with Crippen LogP contribution < -0.4 is 9.62 Å². The molecule has 0 heterocycles. The van der Waals surface area contributed by atoms with Crippen molar-refractivity contribution in [2.45, 2.75) is 52.5 Å². The lowest BCUT2D eigenvalue weighted by Crippen LogP contribution is -2.41. The van der Waals surface area contributed by atoms with Gasteiger partial charge in [-0.3, -0.25) is 9.10 Å². The quantitative estimate of drug-likeness (QED) is 0.781. The number of sulfonamides is 1. The lowest BCUT2D eigenvalue weighted by atomic mass is 9.89. The van der Waals surface area contributed by atoms with Crippen molar-refractivity contribution in [1.82, 2.24) is 5.32 Å². The number of hydrogen-bond donors (Lipinski definition) is 1. The number of nitrogens with one attached hydrogen (secondary N) is 1. The van der Waals surface area contributed by atoms with Gasteiger partial charge in [-0.2, -0.15) is 0 Å². The number of benzene rings is 2. The Morgan fingerprint density at radius 1 is 1.07 bits per heavy atom. The van der Waals surface area contributed by atoms with E-state index in [0.29, 0.717) is 5.69 Å². The zero-order valence-electron chi connectivity index (χ0n) is 17.7. The second-order valence-corrected chi connectivity index (χ2v) is 9.99. The van der Waals surface area contributed by atoms with Crippen LogP contribution in [0.2, 0.25) is 0 Å². The third-order valence-electron chi connectivity index (χ3n) is 5.57. The van der Waals surface area contributed by atoms with Gasteiger partial charge < -0.3 is 5.32 Å². The van der Waals surface area contributed by atoms with Crippen LogP contribution in [-0.4, -0.2) is 27.1 Å². The predicted molar refractivity (Wildman–Crippen MR) is 118 cm³/mol. The monoisotopic (exact) mass is 414 g/mol. The minimum absolute atomic E-state index is 0.185. The molecule has 0 spiro atoms. The predicted octanol–water partition coefficient (Wildman–Crippen LogP) is 3.83. The van der Waals surface area contributed by atoms with E-state index in [-0.39, 0.29) is 18.5 Å². The minimum atomic E-state index is -3.59. The normalized spacial score (nSPS) is 14.8. The number of aryl methyl sites for hydroxylation is 4. The van der Waals surface area contributed by atoms with Crippen LogP contribution in [0.5, 0.6) is 0 Å². The maximum absolute atomic E-state index is 12.7. The van der Waals surface area contributed by atoms with Crippen molar-refractivity contribution < 1.29 is 13.2 Å². The Morgan fingerprint density at radius 2 is 1.76 bits per heavy atom. The molecule has 1 aliphatic carbocycles. The standard InChI is InChI=1S/C23H30N2O3S/c1-16-9-10-17(2)22(13-16)25(29(4,27)28)15-23(26)24-18(3)20-12-11-19-7-5-6-8-21(19)14-20/h9-14,18H,5-8,15H2,1-4H3,(H,24,26). The average Bonchev–Trinajstić information content (AvgIpc) is 2.67. The third-order valence-corrected chi connectivity index (χ3v) is 6.70. The van der Waals surface area contributed by atoms with Crippen LogP contribution in [0.25, 0.3) is 0 Å². The highest BCUT2D eigenvalue weighted by molar-refractivity contribution is 7.92. The van der Waals surface area contributed by atoms with E-state index in [1.165, 1.54) is 28.3 Å². The summed E-state index contributed by atoms with van der Waals surface area (Å²) in [5.74, 6) is -0.318. The molecule has 1 unspecified atom stereocenters. The summed E-state index contributed by atoms with van der Waals surface area (Å²) in [5.41, 5.74) is 6.12. The fraction of sp³-hybridized carbons (Fsp3) is 0.435. The fourth-order valence-electron chi connectivity index (χ4n) is 3.89. The van der Waals surface area contributed by atoms with E-state index in [4.69, 9.17) is 0 Å². The van der Waals surface area contributed by atoms with E-state index >= 15 is 0 Å². The molecule has 0 fully saturated rings. The van der Waals surface area contributed by atoms with Crippen LogP contribution in [0.15, 0.2) is 36.4 Å². The zero-order valence-corrected chi connectivity index (χ0v) is 18.5. The molecule has 3 rings (SSSR count). The van der Waals surface area contributed by atoms with Gasteiger partial charge in [-0.15, -0.1) is 0 Å². The summed E-state index contributed by atoms with van der Waals surface area (Å²) >= 11 is 0. The Bertz CT molecular complexity index is 1010. The molecule has 2 aromatic rings. The average molecular weight is 415 g/mol. The highest BCUT2D eigenvalue weighted by Gasteiger charge is 2.23. The molecular formula is C23H30N2O3S. The molecule has 29 heavy (non-hydrogen) atoms. The van der Waals surface area contributed by atoms with Gasteiger partial charge in [-0.05, 0) is 80.3 Å². The number of nitrogens with zero attached hydrogens (tertiary/aromatic N) is 1. The van der Waals surface area contributed by atoms with Crippen molar-refractivity contribution >= 4 is 21.6 Å². The highest BCUT2D eigenvalue weighted by Crippen LogP contribution is 2.26. The Kier molecular flexibility index (Phi) is 6.32. The first-order valence-electron chi connectivity index (χ1n) is 10.1. The van der Waals surface area contributed by atoms with Crippen LogP contribution in [0.3, 0.4) is 0 Å². The van der Waals surface area contributed by atoms with Gasteiger partial charge in [0.2, 0.25) is 15.9 Å². The summed E-state index contributed by atoms with van der Waals surface area (Å²) in [6.07, 6.45) is 5.78. The van der Waals surface area contributed by atoms with Crippen LogP contribution in [0.1, 0.15) is 53.6 Å². The number of carbonyl (C=O) groups is 1. The van der Waals surface area contributed by atoms with Gasteiger partial charge in [-0.1, -0.05) is 30.3 Å². The first-order valence-corrected chi connectivity index (χ1v) is 12.0. The van der Waals surface area contributed by atoms with Crippen LogP contribution >= 0.6 is 0 Å². The fourth-order valence-corrected chi connectivity index (χ4v) is 4.80. The molecule has 0 bridgehead atoms. The van der Waals surface area contributed by atoms with Crippen LogP contribution in [0.4, 0.5) is 5.69 Å². The molecule has 1 N–H and O–H groups in total. The smallest absolute Gasteiger partial charge is 0.241 e. The molecule has 0 radical (unpaired) electrons. The minimum Gasteiger partial charge on any atom is -0.348 e. The molecule has 2 aromatic carbocycles. The third kappa shape index (κ3) is 5.18. The lowest BCUT2D eigenvalue weighted by Gasteiger charge is -2.25. The molecule has 0 aromatic heterocycles. The van der Waals surface area contributed by atoms with Crippen molar-refractivity contribution in [2.75, 3.05) is 17.1 Å². The molecule has 1 amide bonds. The van der Waals surface area contributed by atoms with E-state index in [2.05, 4.69) is 23.5 Å². The Morgan fingerprint density at radius 3 is 2.45 bits per heavy atom. The number of anilines is 1. The van der Waals surface area contributed by atoms with Crippen molar-refractivity contribution in [1.29, 1.82) is 0 Å². The Balaban J connectivity index is 1.76. The maximum Gasteiger partial charge on any atom is 0.241 e. The summed E-state index contributed by atoms with van der Waals surface area (Å²) in [5, 5.41) is 2.96. The van der Waals surface area contributed by atoms with Crippen molar-refractivity contribution in [2.24, 2.45) is 0 Å². The van der Waals surface area contributed by atoms with Gasteiger partial charge in [-0.25, -0.2) is 8.42 Å². The van der Waals surface area contributed by atoms with Gasteiger partial charge in [0.25, 0.3) is 0 Å². The molecule has 1 atom stereocenters. The van der Waals surface area contributed by atoms with Gasteiger partial charge in [0.05, 0.1) is 18.0 Å². The molecule has 1 aliphatic rings. The summed E-state index contributed by atoms with van der Waals surface area (Å²) in [6, 6.07) is 11.8. The van der Waals surface area contributed by atoms with E-state index in [1.54, 1.807) is 6.07 Å². The molecule has 5 nitrogen and oxygen atoms in total. The molecular weight excluding hydrogens is 384 g/mol. The zero-order chi connectivity index (χ0) is 21.2. The van der Waals surface area contributed by atoms with Crippen molar-refractivity contribution in [3.05, 3.63) is 64.2 Å². The van der Waals surface area contributed by atoms with Crippen molar-refractivity contribution in [3.63, 3.8) is 0 Å². The molecule has 0 aliphatic heterocycles. The first-order chi connectivity index (χ1) is 13.6. The second-order valence-electron chi connectivity index (χ2n) is 8.08. The number of amides is 1. The molecule has 0 saturated carbocycles.